The molecule has 1 unspecified atom stereocenters. The van der Waals surface area contributed by atoms with Crippen molar-refractivity contribution < 1.29 is 18.8 Å². The maximum absolute atomic E-state index is 11.9. The van der Waals surface area contributed by atoms with Crippen molar-refractivity contribution in [1.29, 1.82) is 0 Å². The molecule has 0 bridgehead atoms. The van der Waals surface area contributed by atoms with E-state index in [9.17, 15) is 9.00 Å². The summed E-state index contributed by atoms with van der Waals surface area (Å²) in [5.41, 5.74) is -0.570. The van der Waals surface area contributed by atoms with Crippen molar-refractivity contribution in [2.75, 3.05) is 0 Å². The lowest BCUT2D eigenvalue weighted by Crippen LogP contribution is -2.03. The number of hydrogen-bond donors (Lipinski definition) is 2. The molecule has 1 heterocycles. The largest absolute Gasteiger partial charge is 0.508 e. The predicted octanol–water partition coefficient (Wildman–Crippen LogP) is 1.36. The second-order valence-electron chi connectivity index (χ2n) is 3.58. The normalized spacial score (nSPS) is 12.2. The van der Waals surface area contributed by atoms with E-state index >= 15 is 0 Å². The molecule has 0 saturated heterocycles. The van der Waals surface area contributed by atoms with E-state index in [0.29, 0.717) is 4.90 Å². The summed E-state index contributed by atoms with van der Waals surface area (Å²) in [6.07, 6.45) is 0.922. The SMILES string of the molecule is O=c1cc(CS(=O)c2ccc(O)cc2)occ1O. The topological polar surface area (TPSA) is 87.7 Å². The number of rotatable bonds is 3. The average Bonchev–Trinajstić information content (AvgIpc) is 2.34. The van der Waals surface area contributed by atoms with E-state index in [-0.39, 0.29) is 17.3 Å². The second-order valence-corrected chi connectivity index (χ2v) is 5.03. The lowest BCUT2D eigenvalue weighted by molar-refractivity contribution is 0.418. The molecule has 0 aliphatic rings. The predicted molar refractivity (Wildman–Crippen MR) is 64.9 cm³/mol. The zero-order chi connectivity index (χ0) is 13.1. The third kappa shape index (κ3) is 2.78. The summed E-state index contributed by atoms with van der Waals surface area (Å²) in [6, 6.07) is 7.03. The summed E-state index contributed by atoms with van der Waals surface area (Å²) in [6.45, 7) is 0. The Hall–Kier alpha value is -2.08. The van der Waals surface area contributed by atoms with Crippen molar-refractivity contribution >= 4 is 10.8 Å². The molecule has 1 atom stereocenters. The van der Waals surface area contributed by atoms with Gasteiger partial charge in [0.05, 0.1) is 16.6 Å². The fourth-order valence-electron chi connectivity index (χ4n) is 1.33. The molecule has 5 nitrogen and oxygen atoms in total. The summed E-state index contributed by atoms with van der Waals surface area (Å²) < 4.78 is 16.9. The Bertz CT molecular complexity index is 630. The molecule has 0 fully saturated rings. The van der Waals surface area contributed by atoms with Gasteiger partial charge in [0.1, 0.15) is 17.8 Å². The highest BCUT2D eigenvalue weighted by Gasteiger charge is 2.09. The molecule has 0 amide bonds. The quantitative estimate of drug-likeness (QED) is 0.875. The summed E-state index contributed by atoms with van der Waals surface area (Å²) in [4.78, 5) is 11.7. The fourth-order valence-corrected chi connectivity index (χ4v) is 2.35. The van der Waals surface area contributed by atoms with Crippen LogP contribution in [0.15, 0.2) is 50.7 Å². The Morgan fingerprint density at radius 3 is 2.44 bits per heavy atom. The van der Waals surface area contributed by atoms with Crippen LogP contribution in [0.1, 0.15) is 5.76 Å². The van der Waals surface area contributed by atoms with Gasteiger partial charge in [-0.2, -0.15) is 0 Å². The highest BCUT2D eigenvalue weighted by atomic mass is 32.2. The van der Waals surface area contributed by atoms with E-state index in [1.807, 2.05) is 0 Å². The van der Waals surface area contributed by atoms with E-state index in [2.05, 4.69) is 0 Å². The molecule has 2 aromatic rings. The highest BCUT2D eigenvalue weighted by Crippen LogP contribution is 2.16. The Labute approximate surface area is 105 Å². The molecule has 6 heteroatoms. The summed E-state index contributed by atoms with van der Waals surface area (Å²) >= 11 is 0. The first-order chi connectivity index (χ1) is 8.56. The molecular formula is C12H10O5S. The number of aromatic hydroxyl groups is 2. The van der Waals surface area contributed by atoms with Gasteiger partial charge in [0.15, 0.2) is 5.75 Å². The Morgan fingerprint density at radius 2 is 1.83 bits per heavy atom. The van der Waals surface area contributed by atoms with Gasteiger partial charge < -0.3 is 14.6 Å². The molecule has 0 aliphatic heterocycles. The first kappa shape index (κ1) is 12.4. The van der Waals surface area contributed by atoms with Gasteiger partial charge in [-0.1, -0.05) is 0 Å². The van der Waals surface area contributed by atoms with Crippen LogP contribution in [0.2, 0.25) is 0 Å². The number of phenolic OH excluding ortho intramolecular Hbond substituents is 1. The van der Waals surface area contributed by atoms with Gasteiger partial charge in [-0.15, -0.1) is 0 Å². The van der Waals surface area contributed by atoms with E-state index in [1.54, 1.807) is 0 Å². The Morgan fingerprint density at radius 1 is 1.17 bits per heavy atom. The molecule has 18 heavy (non-hydrogen) atoms. The summed E-state index contributed by atoms with van der Waals surface area (Å²) in [5.74, 6) is -0.134. The number of phenols is 1. The maximum atomic E-state index is 11.9. The lowest BCUT2D eigenvalue weighted by atomic mass is 10.3. The molecule has 0 saturated carbocycles. The Balaban J connectivity index is 2.18. The van der Waals surface area contributed by atoms with Gasteiger partial charge in [0, 0.05) is 11.0 Å². The van der Waals surface area contributed by atoms with Crippen LogP contribution in [0.25, 0.3) is 0 Å². The van der Waals surface area contributed by atoms with Gasteiger partial charge in [-0.25, -0.2) is 0 Å². The van der Waals surface area contributed by atoms with Crippen LogP contribution in [0.3, 0.4) is 0 Å². The highest BCUT2D eigenvalue weighted by molar-refractivity contribution is 7.84. The smallest absolute Gasteiger partial charge is 0.226 e. The third-order valence-electron chi connectivity index (χ3n) is 2.24. The fraction of sp³-hybridized carbons (Fsp3) is 0.0833. The van der Waals surface area contributed by atoms with Gasteiger partial charge in [0.25, 0.3) is 0 Å². The van der Waals surface area contributed by atoms with Gasteiger partial charge in [-0.05, 0) is 24.3 Å². The summed E-state index contributed by atoms with van der Waals surface area (Å²) in [5, 5.41) is 18.1. The molecule has 0 spiro atoms. The maximum Gasteiger partial charge on any atom is 0.226 e. The molecule has 94 valence electrons. The third-order valence-corrected chi connectivity index (χ3v) is 3.58. The molecule has 0 aliphatic carbocycles. The molecule has 1 aromatic carbocycles. The zero-order valence-electron chi connectivity index (χ0n) is 9.20. The Kier molecular flexibility index (Phi) is 3.47. The van der Waals surface area contributed by atoms with Crippen molar-refractivity contribution in [2.24, 2.45) is 0 Å². The van der Waals surface area contributed by atoms with Crippen molar-refractivity contribution in [3.63, 3.8) is 0 Å². The number of hydrogen-bond acceptors (Lipinski definition) is 5. The van der Waals surface area contributed by atoms with Crippen molar-refractivity contribution in [3.8, 4) is 11.5 Å². The minimum atomic E-state index is -1.38. The van der Waals surface area contributed by atoms with Crippen molar-refractivity contribution in [2.45, 2.75) is 10.6 Å². The van der Waals surface area contributed by atoms with Gasteiger partial charge in [0.2, 0.25) is 5.43 Å². The minimum Gasteiger partial charge on any atom is -0.508 e. The molecule has 2 N–H and O–H groups in total. The lowest BCUT2D eigenvalue weighted by Gasteiger charge is -2.02. The van der Waals surface area contributed by atoms with Gasteiger partial charge >= 0.3 is 0 Å². The first-order valence-electron chi connectivity index (χ1n) is 5.04. The molecule has 2 rings (SSSR count). The average molecular weight is 266 g/mol. The molecule has 0 radical (unpaired) electrons. The van der Waals surface area contributed by atoms with Crippen LogP contribution >= 0.6 is 0 Å². The van der Waals surface area contributed by atoms with Crippen LogP contribution in [-0.4, -0.2) is 14.4 Å². The van der Waals surface area contributed by atoms with Crippen LogP contribution in [0, 0.1) is 0 Å². The molecular weight excluding hydrogens is 256 g/mol. The van der Waals surface area contributed by atoms with Crippen LogP contribution in [0.4, 0.5) is 0 Å². The van der Waals surface area contributed by atoms with Crippen LogP contribution in [0.5, 0.6) is 11.5 Å². The van der Waals surface area contributed by atoms with E-state index in [4.69, 9.17) is 14.6 Å². The van der Waals surface area contributed by atoms with E-state index in [1.165, 1.54) is 24.3 Å². The number of benzene rings is 1. The zero-order valence-corrected chi connectivity index (χ0v) is 10.0. The van der Waals surface area contributed by atoms with E-state index in [0.717, 1.165) is 12.3 Å². The summed E-state index contributed by atoms with van der Waals surface area (Å²) in [7, 11) is -1.38. The van der Waals surface area contributed by atoms with Gasteiger partial charge in [-0.3, -0.25) is 9.00 Å². The van der Waals surface area contributed by atoms with Crippen molar-refractivity contribution in [3.05, 3.63) is 52.6 Å². The molecule has 1 aromatic heterocycles. The standard InChI is InChI=1S/C12H10O5S/c13-8-1-3-10(4-2-8)18(16)7-9-5-11(14)12(15)6-17-9/h1-6,13,15H,7H2. The first-order valence-corrected chi connectivity index (χ1v) is 6.36. The van der Waals surface area contributed by atoms with E-state index < -0.39 is 22.0 Å². The van der Waals surface area contributed by atoms with Crippen LogP contribution in [-0.2, 0) is 16.6 Å². The second kappa shape index (κ2) is 5.05. The van der Waals surface area contributed by atoms with Crippen molar-refractivity contribution in [1.82, 2.24) is 0 Å². The van der Waals surface area contributed by atoms with Crippen LogP contribution < -0.4 is 5.43 Å². The minimum absolute atomic E-state index is 0.0281. The monoisotopic (exact) mass is 266 g/mol.